The molecule has 27 heavy (non-hydrogen) atoms. The Morgan fingerprint density at radius 2 is 2.11 bits per heavy atom. The van der Waals surface area contributed by atoms with Crippen molar-refractivity contribution in [1.29, 1.82) is 0 Å². The van der Waals surface area contributed by atoms with Gasteiger partial charge in [0.05, 0.1) is 11.2 Å². The summed E-state index contributed by atoms with van der Waals surface area (Å²) in [5.74, 6) is 0.663. The van der Waals surface area contributed by atoms with Crippen LogP contribution in [-0.4, -0.2) is 64.8 Å². The molecule has 2 bridgehead atoms. The second-order valence-electron chi connectivity index (χ2n) is 6.71. The number of carbonyl (C=O) groups excluding carboxylic acids is 2. The van der Waals surface area contributed by atoms with E-state index < -0.39 is 0 Å². The number of likely N-dealkylation sites (N-methyl/N-ethyl adjacent to an activating group) is 1. The van der Waals surface area contributed by atoms with Gasteiger partial charge in [-0.1, -0.05) is 6.07 Å². The summed E-state index contributed by atoms with van der Waals surface area (Å²) in [4.78, 5) is 38.2. The number of aryl methyl sites for hydroxylation is 2. The summed E-state index contributed by atoms with van der Waals surface area (Å²) in [6.07, 6.45) is 2.58. The van der Waals surface area contributed by atoms with Gasteiger partial charge in [-0.25, -0.2) is 9.97 Å². The van der Waals surface area contributed by atoms with Crippen LogP contribution in [0.5, 0.6) is 0 Å². The van der Waals surface area contributed by atoms with Crippen molar-refractivity contribution in [2.24, 2.45) is 0 Å². The third-order valence-electron chi connectivity index (χ3n) is 4.65. The Balaban J connectivity index is 1.76. The van der Waals surface area contributed by atoms with Crippen LogP contribution in [0.25, 0.3) is 0 Å². The van der Waals surface area contributed by atoms with Crippen LogP contribution in [0.3, 0.4) is 0 Å². The Kier molecular flexibility index (Phi) is 6.39. The molecule has 0 spiro atoms. The number of nitrogens with one attached hydrogen (secondary N) is 1. The first-order chi connectivity index (χ1) is 13.0. The van der Waals surface area contributed by atoms with E-state index in [2.05, 4.69) is 15.3 Å². The van der Waals surface area contributed by atoms with Crippen molar-refractivity contribution in [1.82, 2.24) is 19.8 Å². The van der Waals surface area contributed by atoms with Gasteiger partial charge in [-0.15, -0.1) is 11.3 Å². The molecule has 3 rings (SSSR count). The van der Waals surface area contributed by atoms with Crippen molar-refractivity contribution < 1.29 is 9.59 Å². The van der Waals surface area contributed by atoms with Crippen molar-refractivity contribution >= 4 is 29.0 Å². The number of hydrogen-bond acceptors (Lipinski definition) is 6. The molecule has 0 aromatic carbocycles. The van der Waals surface area contributed by atoms with E-state index in [9.17, 15) is 9.59 Å². The van der Waals surface area contributed by atoms with Crippen LogP contribution >= 0.6 is 11.3 Å². The van der Waals surface area contributed by atoms with E-state index in [-0.39, 0.29) is 18.4 Å². The molecule has 1 aliphatic rings. The zero-order chi connectivity index (χ0) is 19.2. The van der Waals surface area contributed by atoms with Crippen molar-refractivity contribution in [2.45, 2.75) is 26.2 Å². The van der Waals surface area contributed by atoms with Crippen LogP contribution in [0.4, 0.5) is 5.82 Å². The van der Waals surface area contributed by atoms with Crippen molar-refractivity contribution in [3.63, 3.8) is 0 Å². The van der Waals surface area contributed by atoms with Gasteiger partial charge >= 0.3 is 0 Å². The van der Waals surface area contributed by atoms with E-state index in [1.54, 1.807) is 22.4 Å². The number of rotatable bonds is 1. The first-order valence-corrected chi connectivity index (χ1v) is 10.1. The van der Waals surface area contributed by atoms with E-state index in [1.165, 1.54) is 11.3 Å². The molecule has 0 atom stereocenters. The van der Waals surface area contributed by atoms with Gasteiger partial charge in [-0.3, -0.25) is 9.59 Å². The number of anilines is 1. The fourth-order valence-electron chi connectivity index (χ4n) is 2.99. The van der Waals surface area contributed by atoms with Crippen LogP contribution in [0, 0.1) is 6.92 Å². The summed E-state index contributed by atoms with van der Waals surface area (Å²) in [5, 5.41) is 3.26. The predicted octanol–water partition coefficient (Wildman–Crippen LogP) is 2.20. The lowest BCUT2D eigenvalue weighted by Crippen LogP contribution is -2.43. The molecule has 0 saturated carbocycles. The summed E-state index contributed by atoms with van der Waals surface area (Å²) in [5.41, 5.74) is 3.43. The molecule has 0 fully saturated rings. The smallest absolute Gasteiger partial charge is 0.266 e. The number of amides is 2. The van der Waals surface area contributed by atoms with Gasteiger partial charge in [-0.05, 0) is 38.3 Å². The van der Waals surface area contributed by atoms with Crippen LogP contribution in [0.2, 0.25) is 0 Å². The maximum absolute atomic E-state index is 12.9. The first kappa shape index (κ1) is 19.3. The van der Waals surface area contributed by atoms with Crippen LogP contribution in [0.15, 0.2) is 23.7 Å². The second kappa shape index (κ2) is 8.94. The number of aromatic nitrogens is 2. The number of fused-ring (bicyclic) bond motifs is 2. The van der Waals surface area contributed by atoms with Gasteiger partial charge in [-0.2, -0.15) is 0 Å². The van der Waals surface area contributed by atoms with Gasteiger partial charge in [0.2, 0.25) is 5.91 Å². The Morgan fingerprint density at radius 3 is 2.89 bits per heavy atom. The number of nitrogens with zero attached hydrogens (tertiary/aromatic N) is 4. The zero-order valence-electron chi connectivity index (χ0n) is 15.8. The monoisotopic (exact) mass is 387 g/mol. The van der Waals surface area contributed by atoms with Crippen LogP contribution in [0.1, 0.15) is 33.9 Å². The van der Waals surface area contributed by atoms with Crippen LogP contribution in [-0.2, 0) is 11.2 Å². The maximum atomic E-state index is 12.9. The molecule has 8 heteroatoms. The standard InChI is InChI=1S/C19H25N5O2S/c1-14-18(27-13-21-14)19(26)24-10-4-3-6-15-7-5-8-16(22-15)20-9-11-23(2)17(25)12-24/h5,7-8,13H,3-4,6,9-12H2,1-2H3,(H,20,22). The van der Waals surface area contributed by atoms with E-state index in [4.69, 9.17) is 0 Å². The lowest BCUT2D eigenvalue weighted by atomic mass is 10.1. The highest BCUT2D eigenvalue weighted by Crippen LogP contribution is 2.16. The number of pyridine rings is 1. The Morgan fingerprint density at radius 1 is 1.26 bits per heavy atom. The highest BCUT2D eigenvalue weighted by atomic mass is 32.1. The Bertz CT molecular complexity index is 807. The third kappa shape index (κ3) is 5.03. The molecule has 2 amide bonds. The minimum Gasteiger partial charge on any atom is -0.368 e. The van der Waals surface area contributed by atoms with Gasteiger partial charge in [0.15, 0.2) is 0 Å². The molecular weight excluding hydrogens is 362 g/mol. The zero-order valence-corrected chi connectivity index (χ0v) is 16.6. The molecule has 0 saturated heterocycles. The third-order valence-corrected chi connectivity index (χ3v) is 5.57. The normalized spacial score (nSPS) is 16.6. The molecule has 0 unspecified atom stereocenters. The summed E-state index contributed by atoms with van der Waals surface area (Å²) in [6.45, 7) is 3.63. The largest absolute Gasteiger partial charge is 0.368 e. The molecule has 3 heterocycles. The molecule has 1 N–H and O–H groups in total. The molecule has 2 aromatic heterocycles. The minimum atomic E-state index is -0.109. The molecule has 1 aliphatic heterocycles. The van der Waals surface area contributed by atoms with Gasteiger partial charge in [0.25, 0.3) is 5.91 Å². The molecule has 2 aromatic rings. The average molecular weight is 388 g/mol. The SMILES string of the molecule is Cc1ncsc1C(=O)N1CCCCc2cccc(n2)NCCN(C)C(=O)C1. The van der Waals surface area contributed by atoms with Crippen molar-refractivity contribution in [3.05, 3.63) is 40.0 Å². The quantitative estimate of drug-likeness (QED) is 0.812. The highest BCUT2D eigenvalue weighted by Gasteiger charge is 2.23. The summed E-state index contributed by atoms with van der Waals surface area (Å²) in [6, 6.07) is 5.96. The lowest BCUT2D eigenvalue weighted by Gasteiger charge is -2.25. The van der Waals surface area contributed by atoms with E-state index in [0.717, 1.165) is 36.5 Å². The topological polar surface area (TPSA) is 78.4 Å². The number of thiazole rings is 1. The number of carbonyl (C=O) groups is 2. The second-order valence-corrected chi connectivity index (χ2v) is 7.56. The Hall–Kier alpha value is -2.48. The average Bonchev–Trinajstić information content (AvgIpc) is 3.09. The summed E-state index contributed by atoms with van der Waals surface area (Å²) < 4.78 is 0. The highest BCUT2D eigenvalue weighted by molar-refractivity contribution is 7.11. The van der Waals surface area contributed by atoms with E-state index >= 15 is 0 Å². The fourth-order valence-corrected chi connectivity index (χ4v) is 3.76. The minimum absolute atomic E-state index is 0.0638. The van der Waals surface area contributed by atoms with Gasteiger partial charge in [0.1, 0.15) is 17.2 Å². The van der Waals surface area contributed by atoms with E-state index in [1.807, 2.05) is 25.1 Å². The summed E-state index contributed by atoms with van der Waals surface area (Å²) in [7, 11) is 1.76. The van der Waals surface area contributed by atoms with Gasteiger partial charge in [0, 0.05) is 32.4 Å². The molecule has 0 radical (unpaired) electrons. The van der Waals surface area contributed by atoms with Gasteiger partial charge < -0.3 is 15.1 Å². The first-order valence-electron chi connectivity index (χ1n) is 9.17. The molecule has 0 aliphatic carbocycles. The van der Waals surface area contributed by atoms with Crippen molar-refractivity contribution in [2.75, 3.05) is 38.5 Å². The lowest BCUT2D eigenvalue weighted by molar-refractivity contribution is -0.130. The number of hydrogen-bond donors (Lipinski definition) is 1. The molecule has 144 valence electrons. The summed E-state index contributed by atoms with van der Waals surface area (Å²) >= 11 is 1.33. The maximum Gasteiger partial charge on any atom is 0.266 e. The fraction of sp³-hybridized carbons (Fsp3) is 0.474. The molecule has 7 nitrogen and oxygen atoms in total. The van der Waals surface area contributed by atoms with Crippen LogP contribution < -0.4 is 5.32 Å². The van der Waals surface area contributed by atoms with Crippen molar-refractivity contribution in [3.8, 4) is 0 Å². The van der Waals surface area contributed by atoms with E-state index in [0.29, 0.717) is 24.5 Å². The predicted molar refractivity (Wildman–Crippen MR) is 106 cm³/mol. The Labute approximate surface area is 163 Å². The molecular formula is C19H25N5O2S.